The Morgan fingerprint density at radius 1 is 0.770 bits per heavy atom. The average molecular weight is 866 g/mol. The fourth-order valence-corrected chi connectivity index (χ4v) is 9.38. The van der Waals surface area contributed by atoms with Crippen LogP contribution in [0.1, 0.15) is 92.0 Å². The predicted molar refractivity (Wildman–Crippen MR) is 231 cm³/mol. The third kappa shape index (κ3) is 10.4. The minimum Gasteiger partial charge on any atom is -0.297 e. The summed E-state index contributed by atoms with van der Waals surface area (Å²) < 4.78 is 46.4. The molecule has 0 N–H and O–H groups in total. The minimum atomic E-state index is -3.70. The molecule has 0 saturated carbocycles. The second-order valence-electron chi connectivity index (χ2n) is 16.1. The van der Waals surface area contributed by atoms with E-state index >= 15 is 0 Å². The van der Waals surface area contributed by atoms with E-state index in [1.165, 1.54) is 14.7 Å². The average Bonchev–Trinajstić information content (AvgIpc) is 3.93. The van der Waals surface area contributed by atoms with Gasteiger partial charge in [-0.05, 0) is 126 Å². The molecule has 7 heterocycles. The van der Waals surface area contributed by atoms with Gasteiger partial charge in [-0.3, -0.25) is 19.8 Å². The van der Waals surface area contributed by atoms with Crippen LogP contribution in [0.4, 0.5) is 10.2 Å². The molecule has 17 heteroatoms. The summed E-state index contributed by atoms with van der Waals surface area (Å²) in [4.78, 5) is 19.1. The molecule has 318 valence electrons. The Balaban J connectivity index is 0.856. The molecule has 2 saturated heterocycles. The van der Waals surface area contributed by atoms with Gasteiger partial charge in [-0.1, -0.05) is 40.2 Å². The highest BCUT2D eigenvalue weighted by atomic mass is 35.5. The number of pyridine rings is 3. The first kappa shape index (κ1) is 42.4. The second-order valence-corrected chi connectivity index (χ2v) is 18.9. The van der Waals surface area contributed by atoms with E-state index < -0.39 is 15.3 Å². The number of nitrogens with zero attached hydrogens (tertiary/aromatic N) is 12. The van der Waals surface area contributed by atoms with E-state index in [4.69, 9.17) is 21.6 Å². The van der Waals surface area contributed by atoms with Crippen LogP contribution >= 0.6 is 11.6 Å². The van der Waals surface area contributed by atoms with Gasteiger partial charge in [0.1, 0.15) is 11.5 Å². The summed E-state index contributed by atoms with van der Waals surface area (Å²) in [7, 11) is -3.70. The number of sulfonamides is 1. The number of aromatic nitrogens is 9. The number of hydrogen-bond acceptors (Lipinski definition) is 11. The Morgan fingerprint density at radius 3 is 2.11 bits per heavy atom. The molecular weight excluding hydrogens is 815 g/mol. The molecule has 2 aliphatic rings. The van der Waals surface area contributed by atoms with E-state index in [2.05, 4.69) is 41.5 Å². The number of rotatable bonds is 15. The fraction of sp³-hybridized carbons (Fsp3) is 0.409. The molecule has 0 aliphatic carbocycles. The number of piperidine rings is 2. The molecule has 5 aromatic heterocycles. The molecule has 0 unspecified atom stereocenters. The molecular formula is C44H51ClFN12O2S+. The van der Waals surface area contributed by atoms with Gasteiger partial charge in [-0.2, -0.15) is 8.42 Å². The lowest BCUT2D eigenvalue weighted by molar-refractivity contribution is -0.263. The van der Waals surface area contributed by atoms with Gasteiger partial charge in [0.25, 0.3) is 0 Å². The number of hydrogen-bond donors (Lipinski definition) is 0. The van der Waals surface area contributed by atoms with Crippen LogP contribution in [-0.4, -0.2) is 105 Å². The Hall–Kier alpha value is -5.29. The van der Waals surface area contributed by atoms with Crippen molar-refractivity contribution in [3.63, 3.8) is 0 Å². The molecule has 0 amide bonds. The van der Waals surface area contributed by atoms with E-state index in [1.54, 1.807) is 67.5 Å². The summed E-state index contributed by atoms with van der Waals surface area (Å²) in [5.41, 5.74) is 5.71. The van der Waals surface area contributed by atoms with Gasteiger partial charge in [0.2, 0.25) is 0 Å². The van der Waals surface area contributed by atoms with E-state index in [9.17, 15) is 12.8 Å². The lowest BCUT2D eigenvalue weighted by Crippen LogP contribution is -2.33. The van der Waals surface area contributed by atoms with Gasteiger partial charge in [0.15, 0.2) is 5.69 Å². The molecule has 1 aromatic carbocycles. The predicted octanol–water partition coefficient (Wildman–Crippen LogP) is 6.73. The monoisotopic (exact) mass is 865 g/mol. The van der Waals surface area contributed by atoms with Crippen LogP contribution in [0.5, 0.6) is 0 Å². The summed E-state index contributed by atoms with van der Waals surface area (Å²) >= 11 is 6.29. The molecule has 0 atom stereocenters. The van der Waals surface area contributed by atoms with E-state index in [1.807, 2.05) is 36.5 Å². The van der Waals surface area contributed by atoms with Crippen LogP contribution in [0.3, 0.4) is 0 Å². The van der Waals surface area contributed by atoms with Crippen LogP contribution in [-0.2, 0) is 36.1 Å². The highest BCUT2D eigenvalue weighted by Gasteiger charge is 2.32. The standard InChI is InChI=1S/C44H51ClFN12O2S/c1-32(2)61(59,60)58(44-16-6-14-41(49-44)34-19-25-54(26-20-34)27-36-29-56(52-50-36)31-42-38(45)11-7-21-47-42)22-8-10-35-9-5-13-40(48-35)33-17-23-55(24-18-33)28-37-30-57(53-51-37)43-15-4-3-12-39(43)46/h3-7,9,11-16,21-22,29-30,32-34H,8,10,17-20,23-28,31H2,1-2H3/q+1. The maximum Gasteiger partial charge on any atom is 0.338 e. The summed E-state index contributed by atoms with van der Waals surface area (Å²) in [5, 5.41) is 17.1. The van der Waals surface area contributed by atoms with Crippen molar-refractivity contribution in [3.05, 3.63) is 136 Å². The zero-order valence-electron chi connectivity index (χ0n) is 34.5. The highest BCUT2D eigenvalue weighted by Crippen LogP contribution is 2.30. The summed E-state index contributed by atoms with van der Waals surface area (Å²) in [5.74, 6) is 0.615. The van der Waals surface area contributed by atoms with Crippen molar-refractivity contribution in [2.24, 2.45) is 0 Å². The molecule has 0 spiro atoms. The Morgan fingerprint density at radius 2 is 1.43 bits per heavy atom. The van der Waals surface area contributed by atoms with Crippen molar-refractivity contribution in [3.8, 4) is 5.69 Å². The van der Waals surface area contributed by atoms with Crippen molar-refractivity contribution < 1.29 is 16.8 Å². The Labute approximate surface area is 361 Å². The summed E-state index contributed by atoms with van der Waals surface area (Å²) in [6.45, 7) is 8.70. The third-order valence-electron chi connectivity index (χ3n) is 11.5. The highest BCUT2D eigenvalue weighted by molar-refractivity contribution is 7.86. The van der Waals surface area contributed by atoms with Crippen molar-refractivity contribution >= 4 is 33.7 Å². The van der Waals surface area contributed by atoms with Gasteiger partial charge in [0.05, 0.1) is 52.5 Å². The SMILES string of the molecule is CC(C)S(=O)(=O)[N+](=CCCc1cccc(C2CCN(Cc3cn(-c4ccccc4F)nn3)CC2)n1)c1cccc(C2CCN(Cc3cn(Cc4ncccc4Cl)nn3)CC2)n1. The summed E-state index contributed by atoms with van der Waals surface area (Å²) in [6, 6.07) is 22.0. The molecule has 8 rings (SSSR count). The van der Waals surface area contributed by atoms with Crippen LogP contribution in [0, 0.1) is 5.82 Å². The number of para-hydroxylation sites is 1. The van der Waals surface area contributed by atoms with Gasteiger partial charge < -0.3 is 0 Å². The Bertz CT molecular complexity index is 2560. The lowest BCUT2D eigenvalue weighted by atomic mass is 9.92. The molecule has 61 heavy (non-hydrogen) atoms. The van der Waals surface area contributed by atoms with Crippen molar-refractivity contribution in [1.82, 2.24) is 54.7 Å². The number of aryl methyl sites for hydroxylation is 1. The first-order valence-electron chi connectivity index (χ1n) is 21.0. The maximum atomic E-state index is 14.3. The molecule has 6 aromatic rings. The van der Waals surface area contributed by atoms with E-state index in [0.717, 1.165) is 86.0 Å². The quantitative estimate of drug-likeness (QED) is 0.0801. The fourth-order valence-electron chi connectivity index (χ4n) is 8.07. The van der Waals surface area contributed by atoms with Gasteiger partial charge in [-0.25, -0.2) is 13.8 Å². The van der Waals surface area contributed by atoms with Crippen molar-refractivity contribution in [2.45, 2.75) is 89.1 Å². The molecule has 14 nitrogen and oxygen atoms in total. The van der Waals surface area contributed by atoms with Gasteiger partial charge in [-0.15, -0.1) is 14.2 Å². The van der Waals surface area contributed by atoms with Crippen LogP contribution in [0.25, 0.3) is 5.69 Å². The topological polar surface area (TPSA) is 144 Å². The molecule has 0 radical (unpaired) electrons. The zero-order valence-corrected chi connectivity index (χ0v) is 36.1. The number of likely N-dealkylation sites (tertiary alicyclic amines) is 2. The smallest absolute Gasteiger partial charge is 0.297 e. The molecule has 0 bridgehead atoms. The maximum absolute atomic E-state index is 14.3. The largest absolute Gasteiger partial charge is 0.338 e. The summed E-state index contributed by atoms with van der Waals surface area (Å²) in [6.07, 6.45) is 12.0. The van der Waals surface area contributed by atoms with Crippen molar-refractivity contribution in [2.75, 3.05) is 26.2 Å². The van der Waals surface area contributed by atoms with Crippen molar-refractivity contribution in [1.29, 1.82) is 0 Å². The first-order chi connectivity index (χ1) is 29.6. The van der Waals surface area contributed by atoms with Gasteiger partial charge in [0, 0.05) is 55.0 Å². The number of halogens is 2. The van der Waals surface area contributed by atoms with E-state index in [-0.39, 0.29) is 11.7 Å². The third-order valence-corrected chi connectivity index (χ3v) is 14.0. The first-order valence-corrected chi connectivity index (χ1v) is 22.9. The second kappa shape index (κ2) is 19.2. The van der Waals surface area contributed by atoms with Gasteiger partial charge >= 0.3 is 15.8 Å². The molecule has 2 fully saturated rings. The normalized spacial score (nSPS) is 16.4. The number of benzene rings is 1. The zero-order chi connectivity index (χ0) is 42.3. The van der Waals surface area contributed by atoms with Crippen LogP contribution in [0.2, 0.25) is 5.02 Å². The molecule has 2 aliphatic heterocycles. The van der Waals surface area contributed by atoms with E-state index in [0.29, 0.717) is 54.9 Å². The van der Waals surface area contributed by atoms with Crippen LogP contribution < -0.4 is 0 Å². The Kier molecular flexibility index (Phi) is 13.3. The van der Waals surface area contributed by atoms with Crippen LogP contribution in [0.15, 0.2) is 91.4 Å². The lowest BCUT2D eigenvalue weighted by Gasteiger charge is -2.31. The minimum absolute atomic E-state index is 0.210.